The van der Waals surface area contributed by atoms with Gasteiger partial charge in [0, 0.05) is 25.1 Å². The maximum absolute atomic E-state index is 14.8. The van der Waals surface area contributed by atoms with Gasteiger partial charge in [-0.1, -0.05) is 42.5 Å². The number of alkyl halides is 3. The zero-order chi connectivity index (χ0) is 29.4. The molecule has 1 saturated carbocycles. The molecule has 1 amide bonds. The molecule has 1 N–H and O–H groups in total. The smallest absolute Gasteiger partial charge is 0.493 e. The predicted molar refractivity (Wildman–Crippen MR) is 143 cm³/mol. The number of rotatable bonds is 10. The average Bonchev–Trinajstić information content (AvgIpc) is 3.70. The number of halogens is 4. The molecule has 7 nitrogen and oxygen atoms in total. The molecule has 218 valence electrons. The Morgan fingerprint density at radius 2 is 1.66 bits per heavy atom. The monoisotopic (exact) mass is 592 g/mol. The van der Waals surface area contributed by atoms with E-state index in [-0.39, 0.29) is 29.2 Å². The van der Waals surface area contributed by atoms with Crippen LogP contribution in [0.5, 0.6) is 11.5 Å². The van der Waals surface area contributed by atoms with Crippen LogP contribution in [0.4, 0.5) is 17.6 Å². The van der Waals surface area contributed by atoms with Crippen LogP contribution in [-0.2, 0) is 10.0 Å². The largest absolute Gasteiger partial charge is 0.573 e. The molecule has 41 heavy (non-hydrogen) atoms. The van der Waals surface area contributed by atoms with Crippen LogP contribution in [0.25, 0.3) is 0 Å². The van der Waals surface area contributed by atoms with Crippen molar-refractivity contribution < 1.29 is 40.2 Å². The quantitative estimate of drug-likeness (QED) is 0.318. The van der Waals surface area contributed by atoms with Gasteiger partial charge in [0.2, 0.25) is 10.0 Å². The minimum absolute atomic E-state index is 0.109. The fourth-order valence-corrected chi connectivity index (χ4v) is 5.49. The predicted octanol–water partition coefficient (Wildman–Crippen LogP) is 5.39. The summed E-state index contributed by atoms with van der Waals surface area (Å²) in [4.78, 5) is 14.5. The lowest BCUT2D eigenvalue weighted by atomic mass is 9.90. The Balaban J connectivity index is 1.27. The van der Waals surface area contributed by atoms with E-state index in [1.165, 1.54) is 18.2 Å². The minimum Gasteiger partial charge on any atom is -0.493 e. The van der Waals surface area contributed by atoms with Gasteiger partial charge in [-0.2, -0.15) is 0 Å². The number of carbonyl (C=O) groups excluding carboxylic acids is 1. The number of nitrogens with one attached hydrogen (secondary N) is 1. The number of carbonyl (C=O) groups is 1. The topological polar surface area (TPSA) is 84.9 Å². The molecular formula is C29H28F4N2O5S. The first-order valence-electron chi connectivity index (χ1n) is 13.0. The van der Waals surface area contributed by atoms with Crippen molar-refractivity contribution in [1.82, 2.24) is 9.62 Å². The highest BCUT2D eigenvalue weighted by molar-refractivity contribution is 7.89. The average molecular weight is 593 g/mol. The number of sulfonamides is 1. The number of hydrogen-bond acceptors (Lipinski definition) is 6. The first kappa shape index (κ1) is 28.9. The van der Waals surface area contributed by atoms with Crippen LogP contribution in [0.15, 0.2) is 66.7 Å². The van der Waals surface area contributed by atoms with Crippen molar-refractivity contribution in [2.45, 2.75) is 31.2 Å². The molecule has 3 aromatic rings. The van der Waals surface area contributed by atoms with Gasteiger partial charge in [-0.15, -0.1) is 13.2 Å². The zero-order valence-electron chi connectivity index (χ0n) is 22.0. The molecule has 0 aromatic heterocycles. The lowest BCUT2D eigenvalue weighted by Gasteiger charge is -2.44. The summed E-state index contributed by atoms with van der Waals surface area (Å²) in [5.41, 5.74) is 2.12. The number of amides is 1. The van der Waals surface area contributed by atoms with E-state index in [4.69, 9.17) is 4.74 Å². The van der Waals surface area contributed by atoms with Gasteiger partial charge in [-0.25, -0.2) is 17.5 Å². The van der Waals surface area contributed by atoms with Crippen molar-refractivity contribution >= 4 is 15.9 Å². The molecule has 0 spiro atoms. The Kier molecular flexibility index (Phi) is 7.97. The lowest BCUT2D eigenvalue weighted by Crippen LogP contribution is -2.51. The normalized spacial score (nSPS) is 17.0. The third kappa shape index (κ3) is 7.36. The van der Waals surface area contributed by atoms with E-state index in [9.17, 15) is 30.8 Å². The van der Waals surface area contributed by atoms with Gasteiger partial charge in [0.1, 0.15) is 17.3 Å². The van der Waals surface area contributed by atoms with Gasteiger partial charge < -0.3 is 9.47 Å². The van der Waals surface area contributed by atoms with Crippen molar-refractivity contribution in [3.05, 3.63) is 94.8 Å². The SMILES string of the molecule is CS(=O)(=O)NC(=O)c1cc(C2CC2)c(OCC2CN([C@H](c3ccccc3)c3ccc(OC(F)(F)F)cc3)C2)cc1F. The molecule has 2 aliphatic rings. The van der Waals surface area contributed by atoms with E-state index >= 15 is 0 Å². The molecule has 0 radical (unpaired) electrons. The molecule has 3 aromatic carbocycles. The third-order valence-electron chi connectivity index (χ3n) is 7.01. The second-order valence-corrected chi connectivity index (χ2v) is 12.2. The minimum atomic E-state index is -4.77. The lowest BCUT2D eigenvalue weighted by molar-refractivity contribution is -0.274. The van der Waals surface area contributed by atoms with E-state index < -0.39 is 28.1 Å². The number of likely N-dealkylation sites (tertiary alicyclic amines) is 1. The van der Waals surface area contributed by atoms with Crippen molar-refractivity contribution in [3.63, 3.8) is 0 Å². The maximum atomic E-state index is 14.8. The highest BCUT2D eigenvalue weighted by Crippen LogP contribution is 2.45. The van der Waals surface area contributed by atoms with Crippen LogP contribution in [0.3, 0.4) is 0 Å². The van der Waals surface area contributed by atoms with Crippen molar-refractivity contribution in [2.75, 3.05) is 26.0 Å². The Morgan fingerprint density at radius 1 is 1.02 bits per heavy atom. The van der Waals surface area contributed by atoms with Gasteiger partial charge in [0.15, 0.2) is 0 Å². The molecule has 1 saturated heterocycles. The fourth-order valence-electron chi connectivity index (χ4n) is 5.04. The molecule has 1 heterocycles. The van der Waals surface area contributed by atoms with Crippen LogP contribution in [0.2, 0.25) is 0 Å². The Hall–Kier alpha value is -3.64. The summed E-state index contributed by atoms with van der Waals surface area (Å²) in [6.45, 7) is 1.57. The van der Waals surface area contributed by atoms with E-state index in [1.54, 1.807) is 16.9 Å². The molecule has 1 aliphatic heterocycles. The first-order chi connectivity index (χ1) is 19.4. The van der Waals surface area contributed by atoms with Crippen LogP contribution < -0.4 is 14.2 Å². The molecule has 5 rings (SSSR count). The fraction of sp³-hybridized carbons (Fsp3) is 0.345. The van der Waals surface area contributed by atoms with Crippen molar-refractivity contribution in [2.24, 2.45) is 5.92 Å². The number of hydrogen-bond donors (Lipinski definition) is 1. The van der Waals surface area contributed by atoms with E-state index in [0.717, 1.165) is 36.3 Å². The Bertz CT molecular complexity index is 1500. The highest BCUT2D eigenvalue weighted by atomic mass is 32.2. The molecular weight excluding hydrogens is 564 g/mol. The van der Waals surface area contributed by atoms with Crippen LogP contribution >= 0.6 is 0 Å². The van der Waals surface area contributed by atoms with Gasteiger partial charge in [-0.05, 0) is 53.6 Å². The van der Waals surface area contributed by atoms with Crippen LogP contribution in [-0.4, -0.2) is 51.5 Å². The summed E-state index contributed by atoms with van der Waals surface area (Å²) in [5.74, 6) is -1.64. The third-order valence-corrected chi connectivity index (χ3v) is 7.57. The Morgan fingerprint density at radius 3 is 2.24 bits per heavy atom. The Labute approximate surface area is 235 Å². The summed E-state index contributed by atoms with van der Waals surface area (Å²) in [6, 6.07) is 17.8. The van der Waals surface area contributed by atoms with Crippen LogP contribution in [0, 0.1) is 11.7 Å². The van der Waals surface area contributed by atoms with Crippen LogP contribution in [0.1, 0.15) is 51.8 Å². The summed E-state index contributed by atoms with van der Waals surface area (Å²) >= 11 is 0. The second-order valence-electron chi connectivity index (χ2n) is 10.4. The molecule has 1 aliphatic carbocycles. The van der Waals surface area contributed by atoms with Gasteiger partial charge >= 0.3 is 6.36 Å². The maximum Gasteiger partial charge on any atom is 0.573 e. The molecule has 1 atom stereocenters. The van der Waals surface area contributed by atoms with Gasteiger partial charge in [0.05, 0.1) is 24.5 Å². The number of benzene rings is 3. The van der Waals surface area contributed by atoms with Gasteiger partial charge in [-0.3, -0.25) is 9.69 Å². The molecule has 0 unspecified atom stereocenters. The second kappa shape index (κ2) is 11.3. The van der Waals surface area contributed by atoms with Crippen molar-refractivity contribution in [1.29, 1.82) is 0 Å². The first-order valence-corrected chi connectivity index (χ1v) is 14.9. The van der Waals surface area contributed by atoms with E-state index in [2.05, 4.69) is 9.64 Å². The summed E-state index contributed by atoms with van der Waals surface area (Å²) < 4.78 is 87.3. The standard InChI is InChI=1S/C29H28F4N2O5S/c1-41(37,38)34-28(36)24-13-23(19-7-8-19)26(14-25(24)30)39-17-18-15-35(16-18)27(20-5-3-2-4-6-20)21-9-11-22(12-10-21)40-29(31,32)33/h2-6,9-14,18-19,27H,7-8,15-17H2,1H3,(H,34,36)/t27-/m1/s1. The van der Waals surface area contributed by atoms with E-state index in [0.29, 0.717) is 31.0 Å². The number of ether oxygens (including phenoxy) is 2. The molecule has 0 bridgehead atoms. The highest BCUT2D eigenvalue weighted by Gasteiger charge is 2.36. The number of nitrogens with zero attached hydrogens (tertiary/aromatic N) is 1. The van der Waals surface area contributed by atoms with Gasteiger partial charge in [0.25, 0.3) is 5.91 Å². The summed E-state index contributed by atoms with van der Waals surface area (Å²) in [6.07, 6.45) is -2.23. The summed E-state index contributed by atoms with van der Waals surface area (Å²) in [5, 5.41) is 0. The van der Waals surface area contributed by atoms with E-state index in [1.807, 2.05) is 30.3 Å². The molecule has 2 fully saturated rings. The zero-order valence-corrected chi connectivity index (χ0v) is 22.8. The van der Waals surface area contributed by atoms with Crippen molar-refractivity contribution in [3.8, 4) is 11.5 Å². The summed E-state index contributed by atoms with van der Waals surface area (Å²) in [7, 11) is -3.85. The molecule has 12 heteroatoms.